The highest BCUT2D eigenvalue weighted by molar-refractivity contribution is 5.96. The van der Waals surface area contributed by atoms with Crippen LogP contribution in [0.3, 0.4) is 0 Å². The summed E-state index contributed by atoms with van der Waals surface area (Å²) in [6.07, 6.45) is 1.29. The molecule has 0 bridgehead atoms. The molecule has 2 fully saturated rings. The van der Waals surface area contributed by atoms with E-state index in [4.69, 9.17) is 0 Å². The molecule has 10 nitrogen and oxygen atoms in total. The molecule has 2 aliphatic rings. The molecule has 0 saturated carbocycles. The molecule has 10 heteroatoms. The number of amides is 5. The van der Waals surface area contributed by atoms with Crippen LogP contribution in [-0.4, -0.2) is 77.6 Å². The maximum Gasteiger partial charge on any atom is 0.321 e. The first-order chi connectivity index (χ1) is 14.8. The third-order valence-corrected chi connectivity index (χ3v) is 5.52. The van der Waals surface area contributed by atoms with Crippen LogP contribution in [-0.2, 0) is 14.4 Å². The number of urea groups is 1. The Labute approximate surface area is 180 Å². The zero-order chi connectivity index (χ0) is 22.5. The lowest BCUT2D eigenvalue weighted by Crippen LogP contribution is -2.63. The van der Waals surface area contributed by atoms with Crippen molar-refractivity contribution in [2.24, 2.45) is 0 Å². The molecule has 0 spiro atoms. The molecule has 0 aromatic heterocycles. The van der Waals surface area contributed by atoms with Gasteiger partial charge < -0.3 is 25.8 Å². The van der Waals surface area contributed by atoms with Gasteiger partial charge in [-0.2, -0.15) is 0 Å². The monoisotopic (exact) mass is 429 g/mol. The maximum atomic E-state index is 12.9. The van der Waals surface area contributed by atoms with Crippen molar-refractivity contribution in [1.82, 2.24) is 20.4 Å². The number of Topliss-reactive ketones (excluding diaryl/α,β-unsaturated/α-hetero) is 1. The highest BCUT2D eigenvalue weighted by atomic mass is 16.2. The zero-order valence-corrected chi connectivity index (χ0v) is 17.6. The fraction of sp³-hybridized carbons (Fsp3) is 0.476. The number of ketones is 1. The zero-order valence-electron chi connectivity index (χ0n) is 17.6. The van der Waals surface area contributed by atoms with Crippen LogP contribution in [0.1, 0.15) is 37.0 Å². The molecule has 166 valence electrons. The molecule has 1 aromatic rings. The van der Waals surface area contributed by atoms with Gasteiger partial charge in [0.1, 0.15) is 12.1 Å². The largest absolute Gasteiger partial charge is 0.354 e. The average molecular weight is 429 g/mol. The number of benzene rings is 1. The molecule has 31 heavy (non-hydrogen) atoms. The molecule has 2 heterocycles. The summed E-state index contributed by atoms with van der Waals surface area (Å²) in [7, 11) is 0. The summed E-state index contributed by atoms with van der Waals surface area (Å²) in [5.74, 6) is -1.04. The summed E-state index contributed by atoms with van der Waals surface area (Å²) in [6.45, 7) is 3.91. The fourth-order valence-corrected chi connectivity index (χ4v) is 3.74. The first-order valence-electron chi connectivity index (χ1n) is 10.3. The first kappa shape index (κ1) is 22.3. The van der Waals surface area contributed by atoms with Crippen LogP contribution in [0, 0.1) is 0 Å². The lowest BCUT2D eigenvalue weighted by Gasteiger charge is -2.40. The van der Waals surface area contributed by atoms with Gasteiger partial charge in [0.2, 0.25) is 17.7 Å². The lowest BCUT2D eigenvalue weighted by molar-refractivity contribution is -0.142. The second-order valence-electron chi connectivity index (χ2n) is 7.73. The third kappa shape index (κ3) is 5.39. The van der Waals surface area contributed by atoms with Gasteiger partial charge in [0, 0.05) is 37.8 Å². The van der Waals surface area contributed by atoms with Crippen molar-refractivity contribution < 1.29 is 24.0 Å². The van der Waals surface area contributed by atoms with Crippen molar-refractivity contribution in [1.29, 1.82) is 0 Å². The van der Waals surface area contributed by atoms with Crippen molar-refractivity contribution in [3.8, 4) is 0 Å². The minimum atomic E-state index is -0.883. The van der Waals surface area contributed by atoms with Crippen LogP contribution in [0.5, 0.6) is 0 Å². The third-order valence-electron chi connectivity index (χ3n) is 5.52. The normalized spacial score (nSPS) is 21.2. The van der Waals surface area contributed by atoms with Crippen LogP contribution >= 0.6 is 0 Å². The van der Waals surface area contributed by atoms with E-state index in [1.165, 1.54) is 23.6 Å². The number of hydrogen-bond donors (Lipinski definition) is 3. The molecular formula is C21H27N5O5. The number of piperidine rings is 1. The van der Waals surface area contributed by atoms with Crippen LogP contribution < -0.4 is 16.0 Å². The van der Waals surface area contributed by atoms with E-state index in [0.717, 1.165) is 6.42 Å². The predicted octanol–water partition coefficient (Wildman–Crippen LogP) is 0.349. The van der Waals surface area contributed by atoms with Gasteiger partial charge in [-0.25, -0.2) is 4.79 Å². The molecule has 1 aromatic carbocycles. The summed E-state index contributed by atoms with van der Waals surface area (Å²) in [4.78, 5) is 63.9. The quantitative estimate of drug-likeness (QED) is 0.595. The Kier molecular flexibility index (Phi) is 6.88. The van der Waals surface area contributed by atoms with Gasteiger partial charge in [-0.1, -0.05) is 0 Å². The molecule has 0 unspecified atom stereocenters. The Bertz CT molecular complexity index is 885. The Hall–Kier alpha value is -3.43. The number of rotatable bonds is 4. The maximum absolute atomic E-state index is 12.9. The molecule has 2 aliphatic heterocycles. The fourth-order valence-electron chi connectivity index (χ4n) is 3.74. The Balaban J connectivity index is 1.66. The summed E-state index contributed by atoms with van der Waals surface area (Å²) in [5, 5.41) is 8.17. The molecule has 2 atom stereocenters. The van der Waals surface area contributed by atoms with Crippen molar-refractivity contribution in [3.63, 3.8) is 0 Å². The summed E-state index contributed by atoms with van der Waals surface area (Å²) in [6, 6.07) is 4.57. The highest BCUT2D eigenvalue weighted by Gasteiger charge is 2.37. The number of hydrogen-bond acceptors (Lipinski definition) is 5. The van der Waals surface area contributed by atoms with E-state index in [0.29, 0.717) is 24.2 Å². The van der Waals surface area contributed by atoms with E-state index in [9.17, 15) is 24.0 Å². The Morgan fingerprint density at radius 1 is 1.06 bits per heavy atom. The second kappa shape index (κ2) is 9.59. The van der Waals surface area contributed by atoms with E-state index in [1.807, 2.05) is 0 Å². The number of nitrogens with zero attached hydrogens (tertiary/aromatic N) is 2. The SMILES string of the molecule is CC(=O)c1ccc(NC(=O)N2CCN(C(C)=O)[C@H](C(=O)N[C@@H]3CCCNC3=O)C2)cc1. The topological polar surface area (TPSA) is 128 Å². The number of carbonyl (C=O) groups is 5. The van der Waals surface area contributed by atoms with Gasteiger partial charge in [-0.3, -0.25) is 19.2 Å². The van der Waals surface area contributed by atoms with Gasteiger partial charge in [0.15, 0.2) is 5.78 Å². The molecule has 0 aliphatic carbocycles. The van der Waals surface area contributed by atoms with Crippen LogP contribution in [0.2, 0.25) is 0 Å². The van der Waals surface area contributed by atoms with Gasteiger partial charge in [-0.05, 0) is 44.0 Å². The number of piperazine rings is 1. The van der Waals surface area contributed by atoms with Gasteiger partial charge in [0.25, 0.3) is 0 Å². The van der Waals surface area contributed by atoms with E-state index in [1.54, 1.807) is 24.3 Å². The van der Waals surface area contributed by atoms with Crippen LogP contribution in [0.4, 0.5) is 10.5 Å². The Morgan fingerprint density at radius 2 is 1.77 bits per heavy atom. The predicted molar refractivity (Wildman–Crippen MR) is 112 cm³/mol. The standard InChI is InChI=1S/C21H27N5O5/c1-13(27)15-5-7-16(8-6-15)23-21(31)25-10-11-26(14(2)28)18(12-25)20(30)24-17-4-3-9-22-19(17)29/h5-8,17-18H,3-4,9-12H2,1-2H3,(H,22,29)(H,23,31)(H,24,30)/t17-,18+/m1/s1. The van der Waals surface area contributed by atoms with Crippen molar-refractivity contribution in [3.05, 3.63) is 29.8 Å². The number of nitrogens with one attached hydrogen (secondary N) is 3. The summed E-state index contributed by atoms with van der Waals surface area (Å²) in [5.41, 5.74) is 1.06. The highest BCUT2D eigenvalue weighted by Crippen LogP contribution is 2.15. The van der Waals surface area contributed by atoms with E-state index in [-0.39, 0.29) is 37.2 Å². The van der Waals surface area contributed by atoms with Gasteiger partial charge >= 0.3 is 6.03 Å². The summed E-state index contributed by atoms with van der Waals surface area (Å²) < 4.78 is 0. The minimum Gasteiger partial charge on any atom is -0.354 e. The Morgan fingerprint density at radius 3 is 2.39 bits per heavy atom. The second-order valence-corrected chi connectivity index (χ2v) is 7.73. The van der Waals surface area contributed by atoms with Crippen molar-refractivity contribution in [2.75, 3.05) is 31.5 Å². The average Bonchev–Trinajstić information content (AvgIpc) is 2.75. The van der Waals surface area contributed by atoms with Crippen LogP contribution in [0.15, 0.2) is 24.3 Å². The summed E-state index contributed by atoms with van der Waals surface area (Å²) >= 11 is 0. The molecule has 0 radical (unpaired) electrons. The number of anilines is 1. The minimum absolute atomic E-state index is 0.0110. The van der Waals surface area contributed by atoms with Crippen molar-refractivity contribution >= 4 is 35.2 Å². The molecule has 3 N–H and O–H groups in total. The van der Waals surface area contributed by atoms with Gasteiger partial charge in [-0.15, -0.1) is 0 Å². The smallest absolute Gasteiger partial charge is 0.321 e. The molecule has 2 saturated heterocycles. The molecule has 3 rings (SSSR count). The van der Waals surface area contributed by atoms with E-state index < -0.39 is 24.0 Å². The molecule has 5 amide bonds. The van der Waals surface area contributed by atoms with Crippen molar-refractivity contribution in [2.45, 2.75) is 38.8 Å². The number of carbonyl (C=O) groups excluding carboxylic acids is 5. The van der Waals surface area contributed by atoms with Crippen LogP contribution in [0.25, 0.3) is 0 Å². The first-order valence-corrected chi connectivity index (χ1v) is 10.3. The molecular weight excluding hydrogens is 402 g/mol. The lowest BCUT2D eigenvalue weighted by atomic mass is 10.1. The van der Waals surface area contributed by atoms with E-state index in [2.05, 4.69) is 16.0 Å². The van der Waals surface area contributed by atoms with Gasteiger partial charge in [0.05, 0.1) is 6.54 Å². The van der Waals surface area contributed by atoms with E-state index >= 15 is 0 Å².